The van der Waals surface area contributed by atoms with Crippen LogP contribution >= 0.6 is 34.5 Å². The highest BCUT2D eigenvalue weighted by atomic mass is 35.5. The Morgan fingerprint density at radius 3 is 2.59 bits per heavy atom. The predicted molar refractivity (Wildman–Crippen MR) is 93.4 cm³/mol. The molecule has 1 aliphatic carbocycles. The fourth-order valence-corrected chi connectivity index (χ4v) is 4.58. The number of aryl methyl sites for hydroxylation is 2. The summed E-state index contributed by atoms with van der Waals surface area (Å²) in [5, 5.41) is 4.89. The minimum absolute atomic E-state index is 0.116. The molecule has 2 aromatic heterocycles. The molecule has 3 nitrogen and oxygen atoms in total. The standard InChI is InChI=1S/C16H18Cl2N2OS/c1-8-10-12(18)13(22-15(10)20-9(2)11(8)17)14(21)19-7-16(3)5-4-6-16/h4-7H2,1-3H3,(H,19,21). The van der Waals surface area contributed by atoms with Gasteiger partial charge in [0, 0.05) is 11.9 Å². The van der Waals surface area contributed by atoms with Crippen molar-refractivity contribution in [3.63, 3.8) is 0 Å². The van der Waals surface area contributed by atoms with Gasteiger partial charge in [0.15, 0.2) is 0 Å². The van der Waals surface area contributed by atoms with Crippen LogP contribution in [0.4, 0.5) is 0 Å². The zero-order valence-corrected chi connectivity index (χ0v) is 15.2. The van der Waals surface area contributed by atoms with Crippen LogP contribution in [0.1, 0.15) is 47.1 Å². The summed E-state index contributed by atoms with van der Waals surface area (Å²) in [6.07, 6.45) is 3.59. The highest BCUT2D eigenvalue weighted by molar-refractivity contribution is 7.21. The lowest BCUT2D eigenvalue weighted by Gasteiger charge is -2.38. The Bertz CT molecular complexity index is 765. The summed E-state index contributed by atoms with van der Waals surface area (Å²) >= 11 is 14.0. The lowest BCUT2D eigenvalue weighted by molar-refractivity contribution is 0.0895. The molecule has 3 rings (SSSR count). The van der Waals surface area contributed by atoms with Gasteiger partial charge in [-0.25, -0.2) is 4.98 Å². The number of hydrogen-bond acceptors (Lipinski definition) is 3. The summed E-state index contributed by atoms with van der Waals surface area (Å²) in [5.41, 5.74) is 1.89. The summed E-state index contributed by atoms with van der Waals surface area (Å²) in [5.74, 6) is -0.116. The molecule has 0 bridgehead atoms. The maximum atomic E-state index is 12.5. The second-order valence-corrected chi connectivity index (χ2v) is 8.16. The van der Waals surface area contributed by atoms with E-state index in [0.717, 1.165) is 21.5 Å². The Balaban J connectivity index is 1.92. The Hall–Kier alpha value is -0.840. The molecule has 0 aromatic carbocycles. The third-order valence-electron chi connectivity index (χ3n) is 4.57. The number of carbonyl (C=O) groups excluding carboxylic acids is 1. The van der Waals surface area contributed by atoms with Crippen LogP contribution in [0.25, 0.3) is 10.2 Å². The quantitative estimate of drug-likeness (QED) is 0.826. The maximum Gasteiger partial charge on any atom is 0.263 e. The van der Waals surface area contributed by atoms with Crippen molar-refractivity contribution >= 4 is 50.7 Å². The van der Waals surface area contributed by atoms with Crippen LogP contribution in [0, 0.1) is 19.3 Å². The number of aromatic nitrogens is 1. The molecular formula is C16H18Cl2N2OS. The topological polar surface area (TPSA) is 42.0 Å². The molecule has 0 saturated heterocycles. The van der Waals surface area contributed by atoms with Crippen molar-refractivity contribution in [2.24, 2.45) is 5.41 Å². The van der Waals surface area contributed by atoms with Crippen molar-refractivity contribution in [1.29, 1.82) is 0 Å². The Labute approximate surface area is 144 Å². The van der Waals surface area contributed by atoms with Crippen LogP contribution in [-0.4, -0.2) is 17.4 Å². The summed E-state index contributed by atoms with van der Waals surface area (Å²) < 4.78 is 0. The summed E-state index contributed by atoms with van der Waals surface area (Å²) in [4.78, 5) is 18.2. The number of fused-ring (bicyclic) bond motifs is 1. The van der Waals surface area contributed by atoms with E-state index in [4.69, 9.17) is 23.2 Å². The first-order valence-corrected chi connectivity index (χ1v) is 8.92. The molecule has 0 radical (unpaired) electrons. The van der Waals surface area contributed by atoms with E-state index in [0.29, 0.717) is 21.5 Å². The average Bonchev–Trinajstić information content (AvgIpc) is 2.77. The van der Waals surface area contributed by atoms with Gasteiger partial charge in [-0.2, -0.15) is 0 Å². The van der Waals surface area contributed by atoms with E-state index < -0.39 is 0 Å². The second-order valence-electron chi connectivity index (χ2n) is 6.41. The molecule has 0 aliphatic heterocycles. The third kappa shape index (κ3) is 2.61. The molecule has 0 spiro atoms. The molecule has 1 saturated carbocycles. The van der Waals surface area contributed by atoms with Crippen LogP contribution in [0.15, 0.2) is 0 Å². The van der Waals surface area contributed by atoms with Crippen molar-refractivity contribution in [3.05, 3.63) is 26.2 Å². The summed E-state index contributed by atoms with van der Waals surface area (Å²) in [6, 6.07) is 0. The van der Waals surface area contributed by atoms with Gasteiger partial charge in [-0.1, -0.05) is 36.5 Å². The number of amides is 1. The van der Waals surface area contributed by atoms with Crippen LogP contribution in [0.2, 0.25) is 10.0 Å². The number of nitrogens with one attached hydrogen (secondary N) is 1. The smallest absolute Gasteiger partial charge is 0.263 e. The van der Waals surface area contributed by atoms with Gasteiger partial charge < -0.3 is 5.32 Å². The highest BCUT2D eigenvalue weighted by Gasteiger charge is 2.32. The zero-order valence-electron chi connectivity index (χ0n) is 12.8. The van der Waals surface area contributed by atoms with Crippen molar-refractivity contribution in [3.8, 4) is 0 Å². The number of nitrogens with zero attached hydrogens (tertiary/aromatic N) is 1. The van der Waals surface area contributed by atoms with Gasteiger partial charge in [0.25, 0.3) is 5.91 Å². The van der Waals surface area contributed by atoms with Gasteiger partial charge in [-0.3, -0.25) is 4.79 Å². The number of hydrogen-bond donors (Lipinski definition) is 1. The monoisotopic (exact) mass is 356 g/mol. The van der Waals surface area contributed by atoms with Gasteiger partial charge in [-0.05, 0) is 37.7 Å². The van der Waals surface area contributed by atoms with Crippen molar-refractivity contribution < 1.29 is 4.79 Å². The van der Waals surface area contributed by atoms with Crippen LogP contribution < -0.4 is 5.32 Å². The van der Waals surface area contributed by atoms with Crippen molar-refractivity contribution in [2.75, 3.05) is 6.54 Å². The molecule has 1 amide bonds. The molecule has 0 atom stereocenters. The van der Waals surface area contributed by atoms with E-state index >= 15 is 0 Å². The van der Waals surface area contributed by atoms with E-state index in [1.54, 1.807) is 0 Å². The lowest BCUT2D eigenvalue weighted by Crippen LogP contribution is -2.39. The first-order valence-electron chi connectivity index (χ1n) is 7.35. The second kappa shape index (κ2) is 5.66. The van der Waals surface area contributed by atoms with E-state index in [1.165, 1.54) is 30.6 Å². The van der Waals surface area contributed by atoms with Gasteiger partial charge in [0.1, 0.15) is 9.71 Å². The summed E-state index contributed by atoms with van der Waals surface area (Å²) in [6.45, 7) is 6.68. The number of rotatable bonds is 3. The van der Waals surface area contributed by atoms with Gasteiger partial charge in [0.2, 0.25) is 0 Å². The molecule has 118 valence electrons. The van der Waals surface area contributed by atoms with Crippen LogP contribution in [0.3, 0.4) is 0 Å². The number of pyridine rings is 1. The largest absolute Gasteiger partial charge is 0.351 e. The molecule has 1 N–H and O–H groups in total. The number of carbonyl (C=O) groups is 1. The fraction of sp³-hybridized carbons (Fsp3) is 0.500. The zero-order chi connectivity index (χ0) is 16.1. The van der Waals surface area contributed by atoms with Crippen LogP contribution in [0.5, 0.6) is 0 Å². The van der Waals surface area contributed by atoms with Crippen molar-refractivity contribution in [1.82, 2.24) is 10.3 Å². The maximum absolute atomic E-state index is 12.5. The van der Waals surface area contributed by atoms with Gasteiger partial charge in [0.05, 0.1) is 15.7 Å². The molecule has 22 heavy (non-hydrogen) atoms. The molecule has 2 heterocycles. The van der Waals surface area contributed by atoms with Gasteiger partial charge in [-0.15, -0.1) is 11.3 Å². The fourth-order valence-electron chi connectivity index (χ4n) is 2.86. The normalized spacial score (nSPS) is 16.6. The third-order valence-corrected chi connectivity index (χ3v) is 6.69. The minimum Gasteiger partial charge on any atom is -0.351 e. The molecule has 0 unspecified atom stereocenters. The van der Waals surface area contributed by atoms with E-state index in [1.807, 2.05) is 13.8 Å². The molecule has 2 aromatic rings. The number of thiophene rings is 1. The first kappa shape index (κ1) is 16.0. The van der Waals surface area contributed by atoms with E-state index in [-0.39, 0.29) is 11.3 Å². The molecule has 6 heteroatoms. The highest BCUT2D eigenvalue weighted by Crippen LogP contribution is 2.41. The molecule has 1 fully saturated rings. The van der Waals surface area contributed by atoms with Crippen molar-refractivity contribution in [2.45, 2.75) is 40.0 Å². The predicted octanol–water partition coefficient (Wildman–Crippen LogP) is 5.14. The van der Waals surface area contributed by atoms with Crippen LogP contribution in [-0.2, 0) is 0 Å². The Morgan fingerprint density at radius 1 is 1.32 bits per heavy atom. The SMILES string of the molecule is Cc1nc2sc(C(=O)NCC3(C)CCC3)c(Cl)c2c(C)c1Cl. The Kier molecular flexibility index (Phi) is 4.12. The molecule has 1 aliphatic rings. The Morgan fingerprint density at radius 2 is 2.00 bits per heavy atom. The first-order chi connectivity index (χ1) is 10.3. The minimum atomic E-state index is -0.116. The molecular weight excluding hydrogens is 339 g/mol. The van der Waals surface area contributed by atoms with E-state index in [9.17, 15) is 4.79 Å². The summed E-state index contributed by atoms with van der Waals surface area (Å²) in [7, 11) is 0. The average molecular weight is 357 g/mol. The van der Waals surface area contributed by atoms with Gasteiger partial charge >= 0.3 is 0 Å². The lowest BCUT2D eigenvalue weighted by atomic mass is 9.70. The number of halogens is 2. The van der Waals surface area contributed by atoms with E-state index in [2.05, 4.69) is 17.2 Å².